The fraction of sp³-hybridized carbons (Fsp3) is 0.308. The number of hydrogen-bond acceptors (Lipinski definition) is 5. The number of phenols is 1. The zero-order valence-electron chi connectivity index (χ0n) is 11.4. The smallest absolute Gasteiger partial charge is 0.330 e. The molecule has 1 aromatic rings. The summed E-state index contributed by atoms with van der Waals surface area (Å²) in [5, 5.41) is 22.9. The van der Waals surface area contributed by atoms with Crippen LogP contribution in [0, 0.1) is 0 Å². The Morgan fingerprint density at radius 2 is 1.81 bits per heavy atom. The summed E-state index contributed by atoms with van der Waals surface area (Å²) in [5.41, 5.74) is 5.82. The monoisotopic (exact) mass is 295 g/mol. The van der Waals surface area contributed by atoms with Gasteiger partial charge in [0.25, 0.3) is 0 Å². The number of aromatic hydroxyl groups is 1. The van der Waals surface area contributed by atoms with Crippen LogP contribution in [-0.2, 0) is 14.4 Å². The normalized spacial score (nSPS) is 13.0. The van der Waals surface area contributed by atoms with E-state index in [1.54, 1.807) is 0 Å². The Balaban J connectivity index is 2.79. The molecule has 2 unspecified atom stereocenters. The lowest BCUT2D eigenvalue weighted by Crippen LogP contribution is -2.46. The molecule has 1 aromatic carbocycles. The van der Waals surface area contributed by atoms with Crippen LogP contribution in [0.4, 0.5) is 0 Å². The number of hydrogen-bond donors (Lipinski definition) is 5. The third-order valence-corrected chi connectivity index (χ3v) is 2.78. The number of carbonyl (C=O) groups is 3. The van der Waals surface area contributed by atoms with E-state index >= 15 is 0 Å². The molecule has 0 saturated heterocycles. The summed E-state index contributed by atoms with van der Waals surface area (Å²) in [6.07, 6.45) is -0.246. The van der Waals surface area contributed by atoms with E-state index in [2.05, 4.69) is 10.6 Å². The van der Waals surface area contributed by atoms with E-state index in [0.717, 1.165) is 0 Å². The van der Waals surface area contributed by atoms with E-state index in [1.807, 2.05) is 0 Å². The van der Waals surface area contributed by atoms with Crippen molar-refractivity contribution in [2.75, 3.05) is 7.05 Å². The molecule has 0 aliphatic carbocycles. The van der Waals surface area contributed by atoms with Gasteiger partial charge >= 0.3 is 5.97 Å². The third kappa shape index (κ3) is 4.77. The van der Waals surface area contributed by atoms with Crippen LogP contribution in [0.2, 0.25) is 0 Å². The van der Waals surface area contributed by atoms with Gasteiger partial charge in [0.15, 0.2) is 6.04 Å². The van der Waals surface area contributed by atoms with Crippen LogP contribution in [0.25, 0.3) is 0 Å². The Bertz CT molecular complexity index is 529. The van der Waals surface area contributed by atoms with Crippen LogP contribution >= 0.6 is 0 Å². The van der Waals surface area contributed by atoms with Gasteiger partial charge in [-0.3, -0.25) is 9.59 Å². The number of nitrogens with two attached hydrogens (primary N) is 1. The molecule has 0 radical (unpaired) electrons. The maximum Gasteiger partial charge on any atom is 0.330 e. The standard InChI is InChI=1S/C13H17N3O5/c1-15-10(18)6-9(14)12(19)16-11(13(20)21)7-2-4-8(17)5-3-7/h2-5,9,11,17H,6,14H2,1H3,(H,15,18)(H,16,19)(H,20,21). The van der Waals surface area contributed by atoms with E-state index in [1.165, 1.54) is 31.3 Å². The maximum atomic E-state index is 11.8. The highest BCUT2D eigenvalue weighted by Crippen LogP contribution is 2.17. The number of aliphatic carboxylic acids is 1. The number of carbonyl (C=O) groups excluding carboxylic acids is 2. The van der Waals surface area contributed by atoms with Crippen LogP contribution in [0.15, 0.2) is 24.3 Å². The number of phenolic OH excluding ortho intramolecular Hbond substituents is 1. The van der Waals surface area contributed by atoms with Gasteiger partial charge in [0.2, 0.25) is 11.8 Å². The highest BCUT2D eigenvalue weighted by atomic mass is 16.4. The lowest BCUT2D eigenvalue weighted by molar-refractivity contribution is -0.142. The molecule has 6 N–H and O–H groups in total. The zero-order chi connectivity index (χ0) is 16.0. The predicted octanol–water partition coefficient (Wildman–Crippen LogP) is -0.902. The topological polar surface area (TPSA) is 142 Å². The van der Waals surface area contributed by atoms with Crippen molar-refractivity contribution in [3.05, 3.63) is 29.8 Å². The summed E-state index contributed by atoms with van der Waals surface area (Å²) in [5.74, 6) is -2.47. The Morgan fingerprint density at radius 1 is 1.24 bits per heavy atom. The minimum Gasteiger partial charge on any atom is -0.508 e. The third-order valence-electron chi connectivity index (χ3n) is 2.78. The van der Waals surface area contributed by atoms with Crippen molar-refractivity contribution in [2.45, 2.75) is 18.5 Å². The quantitative estimate of drug-likeness (QED) is 0.460. The lowest BCUT2D eigenvalue weighted by Gasteiger charge is -2.18. The van der Waals surface area contributed by atoms with Gasteiger partial charge in [-0.2, -0.15) is 0 Å². The molecule has 0 heterocycles. The Kier molecular flexibility index (Phi) is 5.67. The molecule has 0 bridgehead atoms. The number of nitrogens with one attached hydrogen (secondary N) is 2. The molecule has 0 aliphatic rings. The highest BCUT2D eigenvalue weighted by Gasteiger charge is 2.25. The lowest BCUT2D eigenvalue weighted by atomic mass is 10.1. The van der Waals surface area contributed by atoms with Crippen molar-refractivity contribution in [1.29, 1.82) is 0 Å². The summed E-state index contributed by atoms with van der Waals surface area (Å²) in [4.78, 5) is 34.2. The van der Waals surface area contributed by atoms with E-state index in [0.29, 0.717) is 0 Å². The second-order valence-corrected chi connectivity index (χ2v) is 4.36. The molecule has 0 aliphatic heterocycles. The maximum absolute atomic E-state index is 11.8. The fourth-order valence-corrected chi connectivity index (χ4v) is 1.60. The average molecular weight is 295 g/mol. The second kappa shape index (κ2) is 7.25. The first-order valence-electron chi connectivity index (χ1n) is 6.13. The molecular weight excluding hydrogens is 278 g/mol. The molecular formula is C13H17N3O5. The van der Waals surface area contributed by atoms with Crippen molar-refractivity contribution in [3.63, 3.8) is 0 Å². The zero-order valence-corrected chi connectivity index (χ0v) is 11.4. The van der Waals surface area contributed by atoms with E-state index < -0.39 is 29.9 Å². The summed E-state index contributed by atoms with van der Waals surface area (Å²) in [7, 11) is 1.41. The van der Waals surface area contributed by atoms with Crippen molar-refractivity contribution < 1.29 is 24.6 Å². The first kappa shape index (κ1) is 16.4. The first-order chi connectivity index (χ1) is 9.85. The van der Waals surface area contributed by atoms with Gasteiger partial charge in [0.1, 0.15) is 5.75 Å². The van der Waals surface area contributed by atoms with Crippen molar-refractivity contribution in [1.82, 2.24) is 10.6 Å². The predicted molar refractivity (Wildman–Crippen MR) is 73.3 cm³/mol. The molecule has 0 fully saturated rings. The van der Waals surface area contributed by atoms with Gasteiger partial charge in [0.05, 0.1) is 12.5 Å². The molecule has 21 heavy (non-hydrogen) atoms. The van der Waals surface area contributed by atoms with Gasteiger partial charge in [-0.25, -0.2) is 4.79 Å². The van der Waals surface area contributed by atoms with Crippen molar-refractivity contribution in [2.24, 2.45) is 5.73 Å². The van der Waals surface area contributed by atoms with Crippen LogP contribution in [0.1, 0.15) is 18.0 Å². The van der Waals surface area contributed by atoms with Gasteiger partial charge < -0.3 is 26.6 Å². The Morgan fingerprint density at radius 3 is 2.29 bits per heavy atom. The minimum atomic E-state index is -1.31. The van der Waals surface area contributed by atoms with E-state index in [-0.39, 0.29) is 17.7 Å². The summed E-state index contributed by atoms with van der Waals surface area (Å²) < 4.78 is 0. The molecule has 8 heteroatoms. The fourth-order valence-electron chi connectivity index (χ4n) is 1.60. The first-order valence-corrected chi connectivity index (χ1v) is 6.13. The van der Waals surface area contributed by atoms with Crippen LogP contribution in [0.5, 0.6) is 5.75 Å². The number of carboxylic acid groups (broad SMARTS) is 1. The molecule has 0 spiro atoms. The molecule has 114 valence electrons. The molecule has 0 saturated carbocycles. The number of amides is 2. The largest absolute Gasteiger partial charge is 0.508 e. The van der Waals surface area contributed by atoms with Crippen LogP contribution in [-0.4, -0.2) is 41.1 Å². The highest BCUT2D eigenvalue weighted by molar-refractivity contribution is 5.91. The van der Waals surface area contributed by atoms with E-state index in [9.17, 15) is 19.5 Å². The number of carboxylic acids is 1. The minimum absolute atomic E-state index is 0.0227. The molecule has 0 aromatic heterocycles. The summed E-state index contributed by atoms with van der Waals surface area (Å²) in [6.45, 7) is 0. The van der Waals surface area contributed by atoms with Gasteiger partial charge in [-0.1, -0.05) is 12.1 Å². The SMILES string of the molecule is CNC(=O)CC(N)C(=O)NC(C(=O)O)c1ccc(O)cc1. The van der Waals surface area contributed by atoms with Gasteiger partial charge in [-0.15, -0.1) is 0 Å². The Hall–Kier alpha value is -2.61. The van der Waals surface area contributed by atoms with E-state index in [4.69, 9.17) is 10.8 Å². The Labute approximate surface area is 120 Å². The molecule has 2 atom stereocenters. The second-order valence-electron chi connectivity index (χ2n) is 4.36. The van der Waals surface area contributed by atoms with Crippen LogP contribution < -0.4 is 16.4 Å². The van der Waals surface area contributed by atoms with Gasteiger partial charge in [0, 0.05) is 7.05 Å². The molecule has 8 nitrogen and oxygen atoms in total. The summed E-state index contributed by atoms with van der Waals surface area (Å²) in [6, 6.07) is 2.90. The van der Waals surface area contributed by atoms with Crippen molar-refractivity contribution >= 4 is 17.8 Å². The average Bonchev–Trinajstić information content (AvgIpc) is 2.45. The number of rotatable bonds is 6. The molecule has 2 amide bonds. The van der Waals surface area contributed by atoms with Crippen LogP contribution in [0.3, 0.4) is 0 Å². The molecule has 1 rings (SSSR count). The number of benzene rings is 1. The van der Waals surface area contributed by atoms with Crippen molar-refractivity contribution in [3.8, 4) is 5.75 Å². The summed E-state index contributed by atoms with van der Waals surface area (Å²) >= 11 is 0. The van der Waals surface area contributed by atoms with Gasteiger partial charge in [-0.05, 0) is 17.7 Å².